The quantitative estimate of drug-likeness (QED) is 0.328. The van der Waals surface area contributed by atoms with Crippen LogP contribution in [0.25, 0.3) is 11.5 Å². The van der Waals surface area contributed by atoms with Crippen molar-refractivity contribution < 1.29 is 18.4 Å². The first kappa shape index (κ1) is 25.7. The van der Waals surface area contributed by atoms with Crippen LogP contribution in [0.5, 0.6) is 5.88 Å². The number of hydrogen-bond donors (Lipinski definition) is 1. The van der Waals surface area contributed by atoms with Crippen LogP contribution in [-0.4, -0.2) is 55.4 Å². The van der Waals surface area contributed by atoms with E-state index in [1.54, 1.807) is 24.4 Å². The van der Waals surface area contributed by atoms with Gasteiger partial charge >= 0.3 is 5.76 Å². The van der Waals surface area contributed by atoms with Crippen LogP contribution in [0.1, 0.15) is 42.3 Å². The molecule has 1 N–H and O–H groups in total. The van der Waals surface area contributed by atoms with Crippen LogP contribution in [0.4, 0.5) is 4.39 Å². The summed E-state index contributed by atoms with van der Waals surface area (Å²) in [5.74, 6) is 1.04. The SMILES string of the molecule is O=c1[nH]c(-c2cnc(CN3CCC(c4cccc(OCc5ccc(Cl)cc5F)n4)CC3)n2C[C@@H]2CCO2)no1. The molecular formula is C27H28ClFN6O4. The van der Waals surface area contributed by atoms with Crippen molar-refractivity contribution in [2.24, 2.45) is 0 Å². The lowest BCUT2D eigenvalue weighted by Crippen LogP contribution is -2.35. The van der Waals surface area contributed by atoms with Gasteiger partial charge in [0, 0.05) is 34.9 Å². The van der Waals surface area contributed by atoms with Crippen molar-refractivity contribution in [3.05, 3.63) is 81.1 Å². The van der Waals surface area contributed by atoms with Crippen molar-refractivity contribution in [1.29, 1.82) is 0 Å². The van der Waals surface area contributed by atoms with Crippen LogP contribution in [0, 0.1) is 5.82 Å². The monoisotopic (exact) mass is 554 g/mol. The first-order chi connectivity index (χ1) is 19.0. The van der Waals surface area contributed by atoms with Gasteiger partial charge in [0.25, 0.3) is 0 Å². The molecule has 1 aromatic carbocycles. The van der Waals surface area contributed by atoms with E-state index in [2.05, 4.69) is 24.6 Å². The third kappa shape index (κ3) is 5.90. The summed E-state index contributed by atoms with van der Waals surface area (Å²) in [6.45, 7) is 3.93. The van der Waals surface area contributed by atoms with E-state index in [4.69, 9.17) is 30.6 Å². The number of nitrogens with zero attached hydrogens (tertiary/aromatic N) is 5. The Balaban J connectivity index is 1.08. The maximum absolute atomic E-state index is 14.1. The van der Waals surface area contributed by atoms with Crippen molar-refractivity contribution in [3.63, 3.8) is 0 Å². The summed E-state index contributed by atoms with van der Waals surface area (Å²) in [7, 11) is 0. The summed E-state index contributed by atoms with van der Waals surface area (Å²) in [6, 6.07) is 10.3. The number of pyridine rings is 1. The lowest BCUT2D eigenvalue weighted by Gasteiger charge is -2.32. The predicted octanol–water partition coefficient (Wildman–Crippen LogP) is 4.16. The highest BCUT2D eigenvalue weighted by Gasteiger charge is 2.27. The molecule has 0 amide bonds. The zero-order chi connectivity index (χ0) is 26.8. The molecule has 2 aliphatic rings. The Bertz CT molecular complexity index is 1490. The Labute approximate surface area is 228 Å². The molecule has 10 nitrogen and oxygen atoms in total. The van der Waals surface area contributed by atoms with Gasteiger partial charge in [-0.2, -0.15) is 0 Å². The summed E-state index contributed by atoms with van der Waals surface area (Å²) in [4.78, 5) is 25.9. The Kier molecular flexibility index (Phi) is 7.45. The number of piperidine rings is 1. The van der Waals surface area contributed by atoms with Crippen molar-refractivity contribution in [3.8, 4) is 17.4 Å². The molecule has 5 heterocycles. The number of hydrogen-bond acceptors (Lipinski definition) is 8. The first-order valence-electron chi connectivity index (χ1n) is 13.0. The average molecular weight is 555 g/mol. The maximum Gasteiger partial charge on any atom is 0.439 e. The Morgan fingerprint density at radius 1 is 1.18 bits per heavy atom. The number of H-pyrrole nitrogens is 1. The largest absolute Gasteiger partial charge is 0.473 e. The fraction of sp³-hybridized carbons (Fsp3) is 0.407. The van der Waals surface area contributed by atoms with E-state index in [9.17, 15) is 9.18 Å². The third-order valence-electron chi connectivity index (χ3n) is 7.31. The maximum atomic E-state index is 14.1. The molecule has 2 fully saturated rings. The predicted molar refractivity (Wildman–Crippen MR) is 140 cm³/mol. The van der Waals surface area contributed by atoms with Gasteiger partial charge in [-0.05, 0) is 50.6 Å². The normalized spacial score (nSPS) is 18.3. The van der Waals surface area contributed by atoms with Gasteiger partial charge in [-0.3, -0.25) is 14.4 Å². The Morgan fingerprint density at radius 2 is 2.03 bits per heavy atom. The minimum Gasteiger partial charge on any atom is -0.473 e. The van der Waals surface area contributed by atoms with Crippen molar-refractivity contribution >= 4 is 11.6 Å². The molecule has 39 heavy (non-hydrogen) atoms. The summed E-state index contributed by atoms with van der Waals surface area (Å²) in [6.07, 6.45) is 4.72. The van der Waals surface area contributed by atoms with Crippen LogP contribution in [-0.2, 0) is 24.4 Å². The number of benzene rings is 1. The highest BCUT2D eigenvalue weighted by molar-refractivity contribution is 6.30. The van der Waals surface area contributed by atoms with Crippen LogP contribution in [0.2, 0.25) is 5.02 Å². The summed E-state index contributed by atoms with van der Waals surface area (Å²) in [5, 5.41) is 4.20. The minimum absolute atomic E-state index is 0.0840. The van der Waals surface area contributed by atoms with E-state index in [-0.39, 0.29) is 12.7 Å². The van der Waals surface area contributed by atoms with Gasteiger partial charge in [-0.1, -0.05) is 28.9 Å². The molecule has 204 valence electrons. The van der Waals surface area contributed by atoms with Crippen molar-refractivity contribution in [2.75, 3.05) is 19.7 Å². The Hall–Kier alpha value is -3.54. The van der Waals surface area contributed by atoms with Gasteiger partial charge in [0.2, 0.25) is 11.7 Å². The molecule has 1 atom stereocenters. The topological polar surface area (TPSA) is 111 Å². The minimum atomic E-state index is -0.596. The molecule has 3 aromatic heterocycles. The highest BCUT2D eigenvalue weighted by atomic mass is 35.5. The van der Waals surface area contributed by atoms with E-state index in [0.29, 0.717) is 47.0 Å². The molecule has 0 aliphatic carbocycles. The van der Waals surface area contributed by atoms with Gasteiger partial charge in [0.05, 0.1) is 25.4 Å². The molecule has 12 heteroatoms. The fourth-order valence-corrected chi connectivity index (χ4v) is 5.18. The molecule has 4 aromatic rings. The molecule has 0 radical (unpaired) electrons. The molecule has 0 spiro atoms. The smallest absolute Gasteiger partial charge is 0.439 e. The van der Waals surface area contributed by atoms with Gasteiger partial charge < -0.3 is 14.0 Å². The number of rotatable bonds is 9. The number of imidazole rings is 1. The average Bonchev–Trinajstić information content (AvgIpc) is 3.52. The Morgan fingerprint density at radius 3 is 2.74 bits per heavy atom. The van der Waals surface area contributed by atoms with Crippen LogP contribution in [0.15, 0.2) is 51.9 Å². The number of likely N-dealkylation sites (tertiary alicyclic amines) is 1. The van der Waals surface area contributed by atoms with E-state index in [1.165, 1.54) is 6.07 Å². The molecule has 0 saturated carbocycles. The highest BCUT2D eigenvalue weighted by Crippen LogP contribution is 2.30. The molecule has 2 aliphatic heterocycles. The van der Waals surface area contributed by atoms with Gasteiger partial charge in [-0.25, -0.2) is 19.2 Å². The van der Waals surface area contributed by atoms with Crippen LogP contribution >= 0.6 is 11.6 Å². The zero-order valence-corrected chi connectivity index (χ0v) is 21.9. The van der Waals surface area contributed by atoms with E-state index < -0.39 is 11.6 Å². The second kappa shape index (κ2) is 11.3. The molecule has 2 saturated heterocycles. The second-order valence-corrected chi connectivity index (χ2v) is 10.3. The lowest BCUT2D eigenvalue weighted by atomic mass is 9.93. The molecule has 0 unspecified atom stereocenters. The molecule has 0 bridgehead atoms. The number of halogens is 2. The molecule has 6 rings (SSSR count). The van der Waals surface area contributed by atoms with E-state index in [0.717, 1.165) is 50.5 Å². The van der Waals surface area contributed by atoms with Gasteiger partial charge in [-0.15, -0.1) is 0 Å². The number of nitrogens with one attached hydrogen (secondary N) is 1. The van der Waals surface area contributed by atoms with E-state index in [1.807, 2.05) is 12.1 Å². The number of ether oxygens (including phenoxy) is 2. The van der Waals surface area contributed by atoms with Crippen LogP contribution < -0.4 is 10.5 Å². The zero-order valence-electron chi connectivity index (χ0n) is 21.2. The van der Waals surface area contributed by atoms with Crippen LogP contribution in [0.3, 0.4) is 0 Å². The third-order valence-corrected chi connectivity index (χ3v) is 7.54. The fourth-order valence-electron chi connectivity index (χ4n) is 5.02. The second-order valence-electron chi connectivity index (χ2n) is 9.87. The molecular weight excluding hydrogens is 527 g/mol. The number of aromatic nitrogens is 5. The summed E-state index contributed by atoms with van der Waals surface area (Å²) < 4.78 is 32.3. The standard InChI is InChI=1S/C27H28ClFN6O4/c28-19-5-4-18(21(29)12-19)16-38-25-3-1-2-22(31-25)17-6-9-34(10-7-17)15-24-30-13-23(26-32-27(36)39-33-26)35(24)14-20-8-11-37-20/h1-5,12-13,17,20H,6-11,14-16H2,(H,32,33,36)/t20-/m0/s1. The summed E-state index contributed by atoms with van der Waals surface area (Å²) in [5.41, 5.74) is 2.12. The van der Waals surface area contributed by atoms with Crippen molar-refractivity contribution in [1.82, 2.24) is 29.6 Å². The van der Waals surface area contributed by atoms with E-state index >= 15 is 0 Å². The lowest BCUT2D eigenvalue weighted by molar-refractivity contribution is -0.0595. The first-order valence-corrected chi connectivity index (χ1v) is 13.4. The summed E-state index contributed by atoms with van der Waals surface area (Å²) >= 11 is 5.84. The number of aromatic amines is 1. The van der Waals surface area contributed by atoms with Gasteiger partial charge in [0.15, 0.2) is 0 Å². The van der Waals surface area contributed by atoms with Gasteiger partial charge in [0.1, 0.15) is 23.9 Å². The van der Waals surface area contributed by atoms with Crippen molar-refractivity contribution in [2.45, 2.75) is 51.0 Å².